The van der Waals surface area contributed by atoms with Crippen molar-refractivity contribution in [2.24, 2.45) is 17.8 Å². The fourth-order valence-electron chi connectivity index (χ4n) is 4.00. The van der Waals surface area contributed by atoms with Crippen LogP contribution in [0.15, 0.2) is 0 Å². The van der Waals surface area contributed by atoms with Gasteiger partial charge in [-0.15, -0.1) is 0 Å². The molecule has 0 aromatic heterocycles. The van der Waals surface area contributed by atoms with Gasteiger partial charge in [-0.25, -0.2) is 0 Å². The zero-order valence-electron chi connectivity index (χ0n) is 21.3. The molecule has 170 valence electrons. The van der Waals surface area contributed by atoms with Crippen LogP contribution in [0.1, 0.15) is 88.5 Å². The third kappa shape index (κ3) is 14.8. The van der Waals surface area contributed by atoms with Crippen molar-refractivity contribution in [2.45, 2.75) is 101 Å². The van der Waals surface area contributed by atoms with Crippen LogP contribution in [0.3, 0.4) is 0 Å². The Labute approximate surface area is 179 Å². The second kappa shape index (κ2) is 15.7. The molecule has 0 aromatic rings. The highest BCUT2D eigenvalue weighted by atomic mass is 15.2. The molecule has 0 aliphatic carbocycles. The van der Waals surface area contributed by atoms with Gasteiger partial charge in [0.15, 0.2) is 0 Å². The molecule has 0 atom stereocenters. The van der Waals surface area contributed by atoms with Crippen molar-refractivity contribution in [3.8, 4) is 0 Å². The van der Waals surface area contributed by atoms with Crippen LogP contribution < -0.4 is 0 Å². The summed E-state index contributed by atoms with van der Waals surface area (Å²) in [6.45, 7) is 32.0. The van der Waals surface area contributed by atoms with Gasteiger partial charge in [-0.2, -0.15) is 0 Å². The van der Waals surface area contributed by atoms with Gasteiger partial charge in [-0.05, 0) is 90.9 Å². The average Bonchev–Trinajstić information content (AvgIpc) is 3.01. The molecule has 0 spiro atoms. The molecule has 3 heteroatoms. The normalized spacial score (nSPS) is 18.0. The van der Waals surface area contributed by atoms with Gasteiger partial charge in [0.1, 0.15) is 0 Å². The number of hydrogen-bond donors (Lipinski definition) is 0. The largest absolute Gasteiger partial charge is 0.303 e. The maximum absolute atomic E-state index is 2.56. The highest BCUT2D eigenvalue weighted by Gasteiger charge is 2.14. The summed E-state index contributed by atoms with van der Waals surface area (Å²) in [5, 5.41) is 0. The second-order valence-corrected chi connectivity index (χ2v) is 10.7. The number of nitrogens with zero attached hydrogens (tertiary/aromatic N) is 3. The van der Waals surface area contributed by atoms with Crippen molar-refractivity contribution < 1.29 is 0 Å². The molecule has 2 heterocycles. The minimum atomic E-state index is 0.678. The molecule has 2 saturated heterocycles. The number of rotatable bonds is 8. The molecule has 0 radical (unpaired) electrons. The highest BCUT2D eigenvalue weighted by molar-refractivity contribution is 4.69. The SMILES string of the molecule is CC(C)CN(C(C)C)C(C)C.CC(C)CN1CCC1.CC(C)CN1CCCC1. The molecular weight excluding hydrogens is 342 g/mol. The second-order valence-electron chi connectivity index (χ2n) is 10.7. The molecule has 2 rings (SSSR count). The van der Waals surface area contributed by atoms with E-state index in [1.807, 2.05) is 0 Å². The first kappa shape index (κ1) is 27.9. The summed E-state index contributed by atoms with van der Waals surface area (Å²) in [4.78, 5) is 7.60. The van der Waals surface area contributed by atoms with Gasteiger partial charge in [0.25, 0.3) is 0 Å². The summed E-state index contributed by atoms with van der Waals surface area (Å²) in [5.41, 5.74) is 0. The lowest BCUT2D eigenvalue weighted by Crippen LogP contribution is -2.39. The molecule has 2 aliphatic heterocycles. The Morgan fingerprint density at radius 1 is 0.536 bits per heavy atom. The van der Waals surface area contributed by atoms with Gasteiger partial charge in [0.05, 0.1) is 0 Å². The Morgan fingerprint density at radius 2 is 0.893 bits per heavy atom. The van der Waals surface area contributed by atoms with Crippen LogP contribution in [0, 0.1) is 17.8 Å². The molecule has 2 fully saturated rings. The fraction of sp³-hybridized carbons (Fsp3) is 1.00. The van der Waals surface area contributed by atoms with E-state index in [1.54, 1.807) is 0 Å². The standard InChI is InChI=1S/C10H23N.C8H17N.C7H15N/c1-8(2)7-11(9(3)4)10(5)6;1-8(2)7-9-5-3-4-6-9;1-7(2)6-8-4-3-5-8/h8-10H,7H2,1-6H3;8H,3-7H2,1-2H3;7H,3-6H2,1-2H3. The lowest BCUT2D eigenvalue weighted by molar-refractivity contribution is 0.155. The van der Waals surface area contributed by atoms with Crippen molar-refractivity contribution in [1.29, 1.82) is 0 Å². The van der Waals surface area contributed by atoms with Crippen LogP contribution in [0.25, 0.3) is 0 Å². The quantitative estimate of drug-likeness (QED) is 0.509. The van der Waals surface area contributed by atoms with E-state index in [-0.39, 0.29) is 0 Å². The first-order valence-electron chi connectivity index (χ1n) is 12.2. The molecule has 0 amide bonds. The van der Waals surface area contributed by atoms with E-state index in [4.69, 9.17) is 0 Å². The van der Waals surface area contributed by atoms with Crippen molar-refractivity contribution in [2.75, 3.05) is 45.8 Å². The molecule has 0 saturated carbocycles. The third-order valence-electron chi connectivity index (χ3n) is 5.30. The lowest BCUT2D eigenvalue weighted by atomic mass is 10.1. The lowest BCUT2D eigenvalue weighted by Gasteiger charge is -2.31. The monoisotopic (exact) mass is 397 g/mol. The van der Waals surface area contributed by atoms with Crippen LogP contribution in [-0.4, -0.2) is 72.6 Å². The summed E-state index contributed by atoms with van der Waals surface area (Å²) >= 11 is 0. The Morgan fingerprint density at radius 3 is 1.07 bits per heavy atom. The average molecular weight is 398 g/mol. The first-order valence-corrected chi connectivity index (χ1v) is 12.2. The van der Waals surface area contributed by atoms with E-state index in [9.17, 15) is 0 Å². The molecular formula is C25H55N3. The molecule has 2 aliphatic rings. The predicted octanol–water partition coefficient (Wildman–Crippen LogP) is 5.85. The molecule has 0 unspecified atom stereocenters. The minimum Gasteiger partial charge on any atom is -0.303 e. The summed E-state index contributed by atoms with van der Waals surface area (Å²) in [6.07, 6.45) is 4.27. The van der Waals surface area contributed by atoms with E-state index in [1.165, 1.54) is 65.1 Å². The minimum absolute atomic E-state index is 0.678. The van der Waals surface area contributed by atoms with E-state index in [2.05, 4.69) is 83.9 Å². The summed E-state index contributed by atoms with van der Waals surface area (Å²) in [5.74, 6) is 2.48. The maximum Gasteiger partial charge on any atom is 0.00414 e. The van der Waals surface area contributed by atoms with Crippen molar-refractivity contribution in [3.63, 3.8) is 0 Å². The van der Waals surface area contributed by atoms with Gasteiger partial charge < -0.3 is 9.80 Å². The van der Waals surface area contributed by atoms with E-state index >= 15 is 0 Å². The molecule has 0 N–H and O–H groups in total. The van der Waals surface area contributed by atoms with Crippen LogP contribution in [0.4, 0.5) is 0 Å². The Kier molecular flexibility index (Phi) is 15.6. The van der Waals surface area contributed by atoms with Crippen LogP contribution in [0.2, 0.25) is 0 Å². The Bertz CT molecular complexity index is 332. The van der Waals surface area contributed by atoms with Gasteiger partial charge in [0, 0.05) is 31.7 Å². The summed E-state index contributed by atoms with van der Waals surface area (Å²) in [7, 11) is 0. The zero-order valence-corrected chi connectivity index (χ0v) is 21.3. The van der Waals surface area contributed by atoms with Crippen molar-refractivity contribution in [1.82, 2.24) is 14.7 Å². The predicted molar refractivity (Wildman–Crippen MR) is 128 cm³/mol. The fourth-order valence-corrected chi connectivity index (χ4v) is 4.00. The molecule has 0 bridgehead atoms. The third-order valence-corrected chi connectivity index (χ3v) is 5.30. The Balaban J connectivity index is 0.000000395. The molecule has 3 nitrogen and oxygen atoms in total. The highest BCUT2D eigenvalue weighted by Crippen LogP contribution is 2.10. The summed E-state index contributed by atoms with van der Waals surface area (Å²) < 4.78 is 0. The molecule has 28 heavy (non-hydrogen) atoms. The zero-order chi connectivity index (χ0) is 21.7. The number of hydrogen-bond acceptors (Lipinski definition) is 3. The van der Waals surface area contributed by atoms with Gasteiger partial charge in [0.2, 0.25) is 0 Å². The Hall–Kier alpha value is -0.120. The van der Waals surface area contributed by atoms with Gasteiger partial charge >= 0.3 is 0 Å². The van der Waals surface area contributed by atoms with E-state index < -0.39 is 0 Å². The van der Waals surface area contributed by atoms with Crippen LogP contribution in [-0.2, 0) is 0 Å². The van der Waals surface area contributed by atoms with E-state index in [0.29, 0.717) is 12.1 Å². The topological polar surface area (TPSA) is 9.72 Å². The van der Waals surface area contributed by atoms with Crippen LogP contribution in [0.5, 0.6) is 0 Å². The van der Waals surface area contributed by atoms with Crippen molar-refractivity contribution >= 4 is 0 Å². The van der Waals surface area contributed by atoms with Crippen LogP contribution >= 0.6 is 0 Å². The number of likely N-dealkylation sites (tertiary alicyclic amines) is 2. The van der Waals surface area contributed by atoms with Gasteiger partial charge in [-0.1, -0.05) is 41.5 Å². The smallest absolute Gasteiger partial charge is 0.00414 e. The van der Waals surface area contributed by atoms with E-state index in [0.717, 1.165) is 17.8 Å². The first-order chi connectivity index (χ1) is 13.0. The summed E-state index contributed by atoms with van der Waals surface area (Å²) in [6, 6.07) is 1.36. The molecule has 0 aromatic carbocycles. The van der Waals surface area contributed by atoms with Gasteiger partial charge in [-0.3, -0.25) is 4.90 Å². The van der Waals surface area contributed by atoms with Crippen molar-refractivity contribution in [3.05, 3.63) is 0 Å². The maximum atomic E-state index is 2.56.